The third-order valence-corrected chi connectivity index (χ3v) is 15.0. The summed E-state index contributed by atoms with van der Waals surface area (Å²) >= 11 is 2.54. The van der Waals surface area contributed by atoms with Crippen LogP contribution in [0, 0.1) is 10.7 Å². The zero-order chi connectivity index (χ0) is 48.3. The number of para-hydroxylation sites is 3. The smallest absolute Gasteiger partial charge is 0.0616 e. The van der Waals surface area contributed by atoms with Crippen molar-refractivity contribution in [1.29, 1.82) is 0 Å². The van der Waals surface area contributed by atoms with E-state index in [4.69, 9.17) is 16.6 Å². The van der Waals surface area contributed by atoms with Crippen LogP contribution in [-0.2, 0) is 37.6 Å². The number of benzene rings is 8. The van der Waals surface area contributed by atoms with Crippen LogP contribution in [0.15, 0.2) is 200 Å². The Morgan fingerprint density at radius 3 is 2.12 bits per heavy atom. The molecule has 8 aromatic carbocycles. The normalized spacial score (nSPS) is 16.3. The van der Waals surface area contributed by atoms with Crippen LogP contribution < -0.4 is 4.74 Å². The van der Waals surface area contributed by atoms with Crippen LogP contribution in [0.4, 0.5) is 0 Å². The minimum atomic E-state index is -0.422. The molecule has 2 aliphatic carbocycles. The fraction of sp³-hybridized carbons (Fsp3) is 0.100. The number of aromatic nitrogens is 4. The maximum absolute atomic E-state index is 8.63. The standard InChI is InChI=1S/C60H44N4O.Pt/c1-40-35-57(61-38-51(40)42-17-6-3-7-18-42)64-53-24-11-9-22-49(53)50-30-28-47(37-56(50)64)65-46-21-14-20-45(36-46)62-39-63(55-26-13-12-25-54(55)62)59-48(41-15-4-2-5-16-41)29-27-44-32-34-60(58(44)59)33-31-43-19-8-10-23-52(43)60;/h2-30,35-38H,31-34H2,1H3;/i3D,6D,7D,17D,18D;. The summed E-state index contributed by atoms with van der Waals surface area (Å²) in [5.41, 5.74) is 15.8. The first-order valence-corrected chi connectivity index (χ1v) is 23.6. The topological polar surface area (TPSA) is 36.9 Å². The van der Waals surface area contributed by atoms with Crippen molar-refractivity contribution in [3.8, 4) is 50.9 Å². The molecule has 0 saturated heterocycles. The second-order valence-corrected chi connectivity index (χ2v) is 18.5. The SMILES string of the molecule is [2H]c1c([2H])c([2H])c(-c2cnc(-n3c4ccccc4c4ccc(Oc5cccc(-n6[c](=[Pt])n(-c7c(-c8ccccc8)ccc8c7C7(CCc9ccccc97)CC8)c7ccccc76)c5)cc43)cc2C)c([2H])c1[2H]. The van der Waals surface area contributed by atoms with Crippen LogP contribution >= 0.6 is 0 Å². The van der Waals surface area contributed by atoms with Gasteiger partial charge in [0.05, 0.1) is 6.85 Å². The van der Waals surface area contributed by atoms with Gasteiger partial charge in [-0.2, -0.15) is 0 Å². The summed E-state index contributed by atoms with van der Waals surface area (Å²) < 4.78 is 56.8. The first-order chi connectivity index (χ1) is 34.6. The van der Waals surface area contributed by atoms with Crippen molar-refractivity contribution < 1.29 is 30.9 Å². The first-order valence-electron chi connectivity index (χ1n) is 25.0. The molecule has 2 aliphatic rings. The van der Waals surface area contributed by atoms with Crippen molar-refractivity contribution in [3.63, 3.8) is 0 Å². The fourth-order valence-electron chi connectivity index (χ4n) is 11.1. The van der Waals surface area contributed by atoms with Gasteiger partial charge in [0, 0.05) is 11.8 Å². The molecule has 1 atom stereocenters. The molecule has 0 bridgehead atoms. The molecule has 0 N–H and O–H groups in total. The Morgan fingerprint density at radius 2 is 1.29 bits per heavy atom. The van der Waals surface area contributed by atoms with Crippen molar-refractivity contribution in [2.45, 2.75) is 38.0 Å². The van der Waals surface area contributed by atoms with E-state index in [1.54, 1.807) is 6.20 Å². The van der Waals surface area contributed by atoms with Gasteiger partial charge in [-0.25, -0.2) is 0 Å². The van der Waals surface area contributed by atoms with E-state index in [-0.39, 0.29) is 35.1 Å². The Hall–Kier alpha value is -7.33. The summed E-state index contributed by atoms with van der Waals surface area (Å²) in [6.45, 7) is 1.88. The molecule has 3 aromatic heterocycles. The average Bonchev–Trinajstić information content (AvgIpc) is 4.15. The van der Waals surface area contributed by atoms with E-state index >= 15 is 0 Å². The number of hydrogen-bond acceptors (Lipinski definition) is 2. The third kappa shape index (κ3) is 6.03. The van der Waals surface area contributed by atoms with Gasteiger partial charge in [-0.3, -0.25) is 0 Å². The number of hydrogen-bond donors (Lipinski definition) is 0. The average molecular weight is 1040 g/mol. The molecular weight excluding hydrogens is 988 g/mol. The molecule has 0 fully saturated rings. The van der Waals surface area contributed by atoms with Crippen LogP contribution in [0.2, 0.25) is 0 Å². The Balaban J connectivity index is 0.928. The molecule has 0 radical (unpaired) electrons. The van der Waals surface area contributed by atoms with Gasteiger partial charge in [0.1, 0.15) is 0 Å². The fourth-order valence-corrected chi connectivity index (χ4v) is 12.2. The summed E-state index contributed by atoms with van der Waals surface area (Å²) in [7, 11) is 0. The molecule has 11 aromatic rings. The van der Waals surface area contributed by atoms with Crippen LogP contribution in [0.25, 0.3) is 72.3 Å². The number of ether oxygens (including phenoxy) is 1. The number of aryl methyl sites for hydroxylation is 3. The second-order valence-electron chi connectivity index (χ2n) is 17.5. The minimum absolute atomic E-state index is 0.0708. The molecule has 6 heteroatoms. The van der Waals surface area contributed by atoms with E-state index in [0.717, 1.165) is 73.6 Å². The second kappa shape index (κ2) is 15.4. The zero-order valence-electron chi connectivity index (χ0n) is 41.0. The van der Waals surface area contributed by atoms with Gasteiger partial charge in [0.2, 0.25) is 0 Å². The van der Waals surface area contributed by atoms with E-state index < -0.39 is 6.04 Å². The molecule has 66 heavy (non-hydrogen) atoms. The summed E-state index contributed by atoms with van der Waals surface area (Å²) in [5, 5.41) is 2.08. The van der Waals surface area contributed by atoms with Gasteiger partial charge < -0.3 is 0 Å². The Morgan fingerprint density at radius 1 is 0.576 bits per heavy atom. The Labute approximate surface area is 401 Å². The van der Waals surface area contributed by atoms with Gasteiger partial charge in [-0.05, 0) is 18.1 Å². The van der Waals surface area contributed by atoms with Crippen LogP contribution in [0.3, 0.4) is 0 Å². The van der Waals surface area contributed by atoms with Crippen LogP contribution in [0.5, 0.6) is 11.5 Å². The minimum Gasteiger partial charge on any atom is -0.0616 e. The molecule has 13 rings (SSSR count). The monoisotopic (exact) mass is 1040 g/mol. The maximum atomic E-state index is 8.63. The summed E-state index contributed by atoms with van der Waals surface area (Å²) in [5.74, 6) is 1.98. The van der Waals surface area contributed by atoms with E-state index in [2.05, 4.69) is 160 Å². The zero-order valence-corrected chi connectivity index (χ0v) is 38.3. The van der Waals surface area contributed by atoms with E-state index in [1.807, 2.05) is 43.3 Å². The quantitative estimate of drug-likeness (QED) is 0.159. The van der Waals surface area contributed by atoms with Gasteiger partial charge in [-0.15, -0.1) is 0 Å². The molecule has 0 saturated carbocycles. The van der Waals surface area contributed by atoms with Gasteiger partial charge >= 0.3 is 324 Å². The molecule has 5 nitrogen and oxygen atoms in total. The molecule has 3 heterocycles. The van der Waals surface area contributed by atoms with Crippen molar-refractivity contribution >= 4 is 32.8 Å². The summed E-state index contributed by atoms with van der Waals surface area (Å²) in [6, 6.07) is 56.3. The van der Waals surface area contributed by atoms with Gasteiger partial charge in [-0.1, -0.05) is 42.3 Å². The number of pyridine rings is 1. The number of nitrogens with zero attached hydrogens (tertiary/aromatic N) is 4. The third-order valence-electron chi connectivity index (χ3n) is 14.0. The van der Waals surface area contributed by atoms with Crippen LogP contribution in [0.1, 0.15) is 47.5 Å². The van der Waals surface area contributed by atoms with Crippen molar-refractivity contribution in [2.24, 2.45) is 0 Å². The molecular formula is C60H44N4OPt. The summed E-state index contributed by atoms with van der Waals surface area (Å²) in [4.78, 5) is 4.89. The Bertz CT molecular complexity index is 4070. The van der Waals surface area contributed by atoms with E-state index in [9.17, 15) is 0 Å². The number of fused-ring (bicyclic) bond motifs is 8. The van der Waals surface area contributed by atoms with Crippen molar-refractivity contribution in [1.82, 2.24) is 18.7 Å². The molecule has 0 amide bonds. The number of imidazole rings is 1. The van der Waals surface area contributed by atoms with Crippen LogP contribution in [-0.4, -0.2) is 18.7 Å². The van der Waals surface area contributed by atoms with Crippen molar-refractivity contribution in [2.75, 3.05) is 0 Å². The summed E-state index contributed by atoms with van der Waals surface area (Å²) in [6.07, 6.45) is 5.93. The van der Waals surface area contributed by atoms with Gasteiger partial charge in [0.25, 0.3) is 0 Å². The van der Waals surface area contributed by atoms with E-state index in [0.29, 0.717) is 22.9 Å². The predicted octanol–water partition coefficient (Wildman–Crippen LogP) is 14.6. The Kier molecular flexibility index (Phi) is 7.95. The first kappa shape index (κ1) is 34.1. The molecule has 320 valence electrons. The molecule has 1 spiro atoms. The van der Waals surface area contributed by atoms with Crippen molar-refractivity contribution in [3.05, 3.63) is 232 Å². The molecule has 0 aliphatic heterocycles. The van der Waals surface area contributed by atoms with Gasteiger partial charge in [0.15, 0.2) is 0 Å². The van der Waals surface area contributed by atoms with E-state index in [1.165, 1.54) is 39.1 Å². The number of rotatable bonds is 7. The molecule has 1 unspecified atom stereocenters. The predicted molar refractivity (Wildman–Crippen MR) is 264 cm³/mol.